The van der Waals surface area contributed by atoms with Crippen LogP contribution >= 0.6 is 23.1 Å². The number of hydrogen-bond acceptors (Lipinski definition) is 26. The molecule has 0 spiro atoms. The van der Waals surface area contributed by atoms with Crippen molar-refractivity contribution in [2.75, 3.05) is 136 Å². The summed E-state index contributed by atoms with van der Waals surface area (Å²) >= 11 is 3.01. The number of carbonyl (C=O) groups is 4. The predicted molar refractivity (Wildman–Crippen MR) is 467 cm³/mol. The van der Waals surface area contributed by atoms with Gasteiger partial charge >= 0.3 is 51.2 Å². The van der Waals surface area contributed by atoms with Gasteiger partial charge in [0, 0.05) is 158 Å². The molecule has 18 rings (SSSR count). The fourth-order valence-electron chi connectivity index (χ4n) is 16.5. The Morgan fingerprint density at radius 2 is 0.873 bits per heavy atom. The van der Waals surface area contributed by atoms with Crippen LogP contribution in [0.1, 0.15) is 36.3 Å². The molecule has 5 fully saturated rings. The van der Waals surface area contributed by atoms with Gasteiger partial charge in [0.15, 0.2) is 5.76 Å². The standard InChI is InChI=1S/C29H24N4O5.C20H17F3N4O4S.C18H17N5O5.C18H21N5O4S/c34-28(25-10-5-17-38-25)31-15-13-30(14-16-31)26-23-8-3-4-9-24(23)32(29(35)27(26)33(36)37)19-20-11-12-21-6-1-2-7-22(21)18-20;21-20(22,23)12-26-14-5-2-1-4-13(14)16(17(19(26)29)27(30)31)24-7-9-25(10-8-24)18(28)15-6-3-11-32-15;1-20-13-5-3-2-4-12(13)15(16(18(20)25)23(26)27)21-8-10-22(11-9-21)17(24)14-6-7-19-28-14;1-20-14-5-3-2-4-12(14)15(16(18(20)25)23(26)27)21-6-8-22(9-7-21)17(24)13-10-28-11-19-13/h1-12,17-18H,13-16,19H2;1-6,11H,7-10,12H2;2-7H,8-11H2,1H3;2-5,13,19H,6-11H2,1H3. The van der Waals surface area contributed by atoms with E-state index in [-0.39, 0.29) is 90.5 Å². The molecule has 5 aliphatic rings. The van der Waals surface area contributed by atoms with E-state index in [9.17, 15) is 92.0 Å². The van der Waals surface area contributed by atoms with Gasteiger partial charge in [0.2, 0.25) is 11.7 Å². The van der Waals surface area contributed by atoms with E-state index in [2.05, 4.69) is 10.5 Å². The van der Waals surface area contributed by atoms with Crippen LogP contribution < -0.4 is 47.2 Å². The van der Waals surface area contributed by atoms with Gasteiger partial charge in [0.05, 0.1) is 71.7 Å². The van der Waals surface area contributed by atoms with Gasteiger partial charge in [0.1, 0.15) is 29.3 Å². The number of alkyl halides is 3. The second-order valence-electron chi connectivity index (χ2n) is 29.9. The van der Waals surface area contributed by atoms with Crippen molar-refractivity contribution < 1.29 is 61.0 Å². The molecule has 41 heteroatoms. The van der Waals surface area contributed by atoms with Crippen LogP contribution in [0.4, 0.5) is 58.7 Å². The van der Waals surface area contributed by atoms with E-state index in [1.54, 1.807) is 126 Å². The third-order valence-electron chi connectivity index (χ3n) is 22.7. The summed E-state index contributed by atoms with van der Waals surface area (Å²) in [7, 11) is 3.07. The molecule has 0 radical (unpaired) electrons. The van der Waals surface area contributed by atoms with Crippen molar-refractivity contribution in [1.82, 2.24) is 48.3 Å². The van der Waals surface area contributed by atoms with Crippen molar-refractivity contribution in [2.24, 2.45) is 14.1 Å². The molecule has 1 unspecified atom stereocenters. The van der Waals surface area contributed by atoms with E-state index in [1.165, 1.54) is 68.8 Å². The fraction of sp³-hybridized carbons (Fsp3) is 0.282. The van der Waals surface area contributed by atoms with Crippen LogP contribution in [0.2, 0.25) is 0 Å². The summed E-state index contributed by atoms with van der Waals surface area (Å²) in [6.07, 6.45) is -1.87. The van der Waals surface area contributed by atoms with Crippen molar-refractivity contribution >= 4 is 147 Å². The fourth-order valence-corrected chi connectivity index (χ4v) is 18.2. The van der Waals surface area contributed by atoms with Crippen molar-refractivity contribution in [3.8, 4) is 0 Å². The smallest absolute Gasteiger partial charge is 0.406 e. The lowest BCUT2D eigenvalue weighted by Gasteiger charge is -2.37. The maximum Gasteiger partial charge on any atom is 0.406 e. The third kappa shape index (κ3) is 17.6. The Kier molecular flexibility index (Phi) is 25.2. The molecule has 0 aliphatic carbocycles. The number of nitro groups is 4. The first-order valence-corrected chi connectivity index (χ1v) is 41.8. The maximum atomic E-state index is 13.7. The summed E-state index contributed by atoms with van der Waals surface area (Å²) < 4.78 is 53.9. The van der Waals surface area contributed by atoms with Crippen LogP contribution in [-0.2, 0) is 32.0 Å². The summed E-state index contributed by atoms with van der Waals surface area (Å²) in [6, 6.07) is 49.4. The summed E-state index contributed by atoms with van der Waals surface area (Å²) in [5.41, 5.74) is -1.75. The van der Waals surface area contributed by atoms with Crippen molar-refractivity contribution in [3.63, 3.8) is 0 Å². The number of para-hydroxylation sites is 4. The molecular weight excluding hydrogens is 1680 g/mol. The number of nitrogens with one attached hydrogen (secondary N) is 1. The number of furan rings is 1. The lowest BCUT2D eigenvalue weighted by molar-refractivity contribution is -0.385. The van der Waals surface area contributed by atoms with Gasteiger partial charge in [-0.3, -0.25) is 93.3 Å². The largest absolute Gasteiger partial charge is 0.459 e. The Balaban J connectivity index is 0.000000131. The Labute approximate surface area is 719 Å². The number of benzene rings is 6. The van der Waals surface area contributed by atoms with E-state index >= 15 is 0 Å². The molecule has 6 aromatic carbocycles. The lowest BCUT2D eigenvalue weighted by atomic mass is 10.1. The molecule has 13 aromatic rings. The molecular formula is C85H79F3N18O18S2. The number of aromatic nitrogens is 5. The summed E-state index contributed by atoms with van der Waals surface area (Å²) in [4.78, 5) is 161. The Morgan fingerprint density at radius 1 is 0.460 bits per heavy atom. The average Bonchev–Trinajstić information content (AvgIpc) is 0.882. The number of pyridine rings is 4. The number of anilines is 4. The van der Waals surface area contributed by atoms with Gasteiger partial charge in [-0.1, -0.05) is 120 Å². The van der Waals surface area contributed by atoms with Crippen LogP contribution in [0.15, 0.2) is 216 Å². The number of halogens is 3. The van der Waals surface area contributed by atoms with E-state index in [0.717, 1.165) is 28.0 Å². The summed E-state index contributed by atoms with van der Waals surface area (Å²) in [5.74, 6) is 1.38. The number of hydrogen-bond donors (Lipinski definition) is 1. The highest BCUT2D eigenvalue weighted by atomic mass is 32.2. The van der Waals surface area contributed by atoms with E-state index < -0.39 is 77.4 Å². The molecule has 1 N–H and O–H groups in total. The Morgan fingerprint density at radius 3 is 1.29 bits per heavy atom. The SMILES string of the molecule is Cn1c(=O)c([N+](=O)[O-])c(N2CCN(C(=O)C3CSCN3)CC2)c2ccccc21.Cn1c(=O)c([N+](=O)[O-])c(N2CCN(C(=O)c3ccno3)CC2)c2ccccc21.O=C(c1ccco1)N1CCN(c2c([N+](=O)[O-])c(=O)n(Cc3ccc4ccccc4c3)c3ccccc23)CC1.O=C(c1cccs1)N1CCN(c2c([N+](=O)[O-])c(=O)n(CC(F)(F)F)c3ccccc23)CC1. The van der Waals surface area contributed by atoms with Gasteiger partial charge in [-0.15, -0.1) is 23.1 Å². The van der Waals surface area contributed by atoms with Gasteiger partial charge in [-0.2, -0.15) is 13.2 Å². The number of carbonyl (C=O) groups excluding carboxylic acids is 4. The number of amides is 4. The van der Waals surface area contributed by atoms with E-state index in [4.69, 9.17) is 8.94 Å². The van der Waals surface area contributed by atoms with Gasteiger partial charge in [-0.25, -0.2) is 0 Å². The highest BCUT2D eigenvalue weighted by Gasteiger charge is 2.40. The number of aryl methyl sites for hydroxylation is 2. The molecule has 7 aromatic heterocycles. The summed E-state index contributed by atoms with van der Waals surface area (Å²) in [6.45, 7) is 4.16. The number of thiophene rings is 1. The average molecular weight is 1760 g/mol. The second kappa shape index (κ2) is 36.8. The molecule has 0 bridgehead atoms. The highest BCUT2D eigenvalue weighted by Crippen LogP contribution is 2.40. The highest BCUT2D eigenvalue weighted by molar-refractivity contribution is 7.99. The van der Waals surface area contributed by atoms with Crippen LogP contribution in [0.5, 0.6) is 0 Å². The zero-order valence-corrected chi connectivity index (χ0v) is 69.2. The zero-order chi connectivity index (χ0) is 88.9. The van der Waals surface area contributed by atoms with Crippen LogP contribution in [0.25, 0.3) is 54.4 Å². The van der Waals surface area contributed by atoms with Crippen LogP contribution in [0.3, 0.4) is 0 Å². The number of thioether (sulfide) groups is 1. The van der Waals surface area contributed by atoms with Gasteiger partial charge in [-0.05, 0) is 70.2 Å². The summed E-state index contributed by atoms with van der Waals surface area (Å²) in [5, 5.41) is 60.3. The van der Waals surface area contributed by atoms with Crippen molar-refractivity contribution in [3.05, 3.63) is 292 Å². The second-order valence-corrected chi connectivity index (χ2v) is 31.9. The number of nitrogens with zero attached hydrogens (tertiary/aromatic N) is 17. The Hall–Kier alpha value is -14.6. The molecule has 126 heavy (non-hydrogen) atoms. The Bertz CT molecular complexity index is 6650. The van der Waals surface area contributed by atoms with E-state index in [1.807, 2.05) is 82.6 Å². The first-order valence-electron chi connectivity index (χ1n) is 39.8. The number of rotatable bonds is 15. The molecule has 12 heterocycles. The third-order valence-corrected chi connectivity index (χ3v) is 24.5. The minimum absolute atomic E-state index is 0.0164. The molecule has 1 atom stereocenters. The van der Waals surface area contributed by atoms with Gasteiger partial charge in [0.25, 0.3) is 17.7 Å². The lowest BCUT2D eigenvalue weighted by Crippen LogP contribution is -2.54. The van der Waals surface area contributed by atoms with Gasteiger partial charge < -0.3 is 57.3 Å². The maximum absolute atomic E-state index is 13.7. The van der Waals surface area contributed by atoms with Crippen LogP contribution in [0, 0.1) is 40.5 Å². The van der Waals surface area contributed by atoms with E-state index in [0.29, 0.717) is 138 Å². The predicted octanol–water partition coefficient (Wildman–Crippen LogP) is 10.3. The topological polar surface area (TPSA) is 406 Å². The quantitative estimate of drug-likeness (QED) is 0.0736. The minimum atomic E-state index is -4.73. The van der Waals surface area contributed by atoms with Crippen molar-refractivity contribution in [1.29, 1.82) is 0 Å². The number of fused-ring (bicyclic) bond motifs is 5. The molecule has 5 saturated heterocycles. The normalized spacial score (nSPS) is 15.5. The zero-order valence-electron chi connectivity index (χ0n) is 67.5. The number of piperazine rings is 4. The first-order chi connectivity index (χ1) is 60.7. The molecule has 650 valence electrons. The van der Waals surface area contributed by atoms with Crippen LogP contribution in [-0.4, -0.2) is 215 Å². The van der Waals surface area contributed by atoms with Crippen molar-refractivity contribution in [2.45, 2.75) is 25.3 Å². The molecule has 4 amide bonds. The molecule has 5 aliphatic heterocycles. The monoisotopic (exact) mass is 1760 g/mol. The molecule has 0 saturated carbocycles. The molecule has 36 nitrogen and oxygen atoms in total. The minimum Gasteiger partial charge on any atom is -0.459 e. The first kappa shape index (κ1) is 86.3.